The number of hydrazone groups is 1. The second-order valence-corrected chi connectivity index (χ2v) is 6.57. The fourth-order valence-corrected chi connectivity index (χ4v) is 3.09. The summed E-state index contributed by atoms with van der Waals surface area (Å²) in [5.41, 5.74) is 9.79. The molecule has 0 aliphatic heterocycles. The Hall–Kier alpha value is -3.14. The molecule has 4 heteroatoms. The Balaban J connectivity index is 1.79. The van der Waals surface area contributed by atoms with Crippen molar-refractivity contribution in [1.82, 2.24) is 9.99 Å². The Bertz CT molecular complexity index is 983. The maximum absolute atomic E-state index is 12.2. The first-order valence-corrected chi connectivity index (χ1v) is 8.62. The van der Waals surface area contributed by atoms with Crippen molar-refractivity contribution in [3.05, 3.63) is 88.2 Å². The van der Waals surface area contributed by atoms with Crippen molar-refractivity contribution < 1.29 is 4.79 Å². The molecule has 1 aromatic heterocycles. The predicted octanol–water partition coefficient (Wildman–Crippen LogP) is 4.47. The normalized spacial score (nSPS) is 11.1. The van der Waals surface area contributed by atoms with Crippen LogP contribution >= 0.6 is 0 Å². The first-order valence-electron chi connectivity index (χ1n) is 8.62. The molecule has 0 atom stereocenters. The van der Waals surface area contributed by atoms with Gasteiger partial charge in [-0.15, -0.1) is 0 Å². The number of nitrogens with zero attached hydrogens (tertiary/aromatic N) is 2. The van der Waals surface area contributed by atoms with E-state index in [0.717, 1.165) is 28.2 Å². The van der Waals surface area contributed by atoms with E-state index >= 15 is 0 Å². The van der Waals surface area contributed by atoms with Gasteiger partial charge >= 0.3 is 0 Å². The van der Waals surface area contributed by atoms with E-state index in [-0.39, 0.29) is 5.91 Å². The van der Waals surface area contributed by atoms with Crippen LogP contribution in [0.5, 0.6) is 0 Å². The topological polar surface area (TPSA) is 46.4 Å². The molecule has 4 nitrogen and oxygen atoms in total. The van der Waals surface area contributed by atoms with Gasteiger partial charge < -0.3 is 4.57 Å². The Morgan fingerprint density at radius 3 is 2.35 bits per heavy atom. The molecule has 3 aromatic rings. The summed E-state index contributed by atoms with van der Waals surface area (Å²) in [4.78, 5) is 12.2. The number of hydrogen-bond donors (Lipinski definition) is 1. The lowest BCUT2D eigenvalue weighted by atomic mass is 10.1. The molecule has 0 saturated carbocycles. The number of carbonyl (C=O) groups is 1. The summed E-state index contributed by atoms with van der Waals surface area (Å²) in [5.74, 6) is -0.211. The lowest BCUT2D eigenvalue weighted by Gasteiger charge is -2.10. The standard InChI is InChI=1S/C22H23N3O/c1-15-7-5-9-19(11-15)22(26)24-23-14-20-13-17(3)25(18(20)4)21-10-6-8-16(2)12-21/h5-14H,1-4H3,(H,24,26)/b23-14-. The highest BCUT2D eigenvalue weighted by atomic mass is 16.2. The summed E-state index contributed by atoms with van der Waals surface area (Å²) in [5, 5.41) is 4.14. The minimum Gasteiger partial charge on any atom is -0.318 e. The number of hydrogen-bond acceptors (Lipinski definition) is 2. The van der Waals surface area contributed by atoms with Gasteiger partial charge in [-0.05, 0) is 63.6 Å². The van der Waals surface area contributed by atoms with Gasteiger partial charge in [-0.1, -0.05) is 29.8 Å². The minimum absolute atomic E-state index is 0.211. The molecule has 26 heavy (non-hydrogen) atoms. The minimum atomic E-state index is -0.211. The summed E-state index contributed by atoms with van der Waals surface area (Å²) >= 11 is 0. The van der Waals surface area contributed by atoms with E-state index < -0.39 is 0 Å². The molecule has 132 valence electrons. The van der Waals surface area contributed by atoms with Crippen LogP contribution in [0.25, 0.3) is 5.69 Å². The van der Waals surface area contributed by atoms with Crippen LogP contribution in [0.2, 0.25) is 0 Å². The highest BCUT2D eigenvalue weighted by Gasteiger charge is 2.10. The van der Waals surface area contributed by atoms with Crippen LogP contribution in [0.3, 0.4) is 0 Å². The average Bonchev–Trinajstić information content (AvgIpc) is 2.88. The molecule has 0 fully saturated rings. The smallest absolute Gasteiger partial charge is 0.271 e. The number of amides is 1. The summed E-state index contributed by atoms with van der Waals surface area (Å²) in [7, 11) is 0. The second kappa shape index (κ2) is 7.40. The van der Waals surface area contributed by atoms with Crippen molar-refractivity contribution in [3.63, 3.8) is 0 Å². The number of aromatic nitrogens is 1. The zero-order valence-corrected chi connectivity index (χ0v) is 15.6. The molecule has 1 heterocycles. The summed E-state index contributed by atoms with van der Waals surface area (Å²) in [6.07, 6.45) is 1.70. The van der Waals surface area contributed by atoms with Crippen LogP contribution in [-0.2, 0) is 0 Å². The van der Waals surface area contributed by atoms with Crippen molar-refractivity contribution in [2.75, 3.05) is 0 Å². The highest BCUT2D eigenvalue weighted by Crippen LogP contribution is 2.20. The molecule has 2 aromatic carbocycles. The number of aryl methyl sites for hydroxylation is 3. The Morgan fingerprint density at radius 2 is 1.65 bits per heavy atom. The van der Waals surface area contributed by atoms with E-state index in [4.69, 9.17) is 0 Å². The van der Waals surface area contributed by atoms with Crippen LogP contribution in [0.15, 0.2) is 59.7 Å². The van der Waals surface area contributed by atoms with Gasteiger partial charge in [0, 0.05) is 28.2 Å². The predicted molar refractivity (Wildman–Crippen MR) is 106 cm³/mol. The zero-order chi connectivity index (χ0) is 18.7. The van der Waals surface area contributed by atoms with E-state index in [9.17, 15) is 4.79 Å². The summed E-state index contributed by atoms with van der Waals surface area (Å²) in [6, 6.07) is 17.9. The molecular weight excluding hydrogens is 322 g/mol. The monoisotopic (exact) mass is 345 g/mol. The third-order valence-corrected chi connectivity index (χ3v) is 4.38. The quantitative estimate of drug-likeness (QED) is 0.550. The summed E-state index contributed by atoms with van der Waals surface area (Å²) in [6.45, 7) is 8.16. The van der Waals surface area contributed by atoms with E-state index in [0.29, 0.717) is 5.56 Å². The maximum atomic E-state index is 12.2. The number of rotatable bonds is 4. The fourth-order valence-electron chi connectivity index (χ4n) is 3.09. The molecule has 1 N–H and O–H groups in total. The van der Waals surface area contributed by atoms with Crippen molar-refractivity contribution in [1.29, 1.82) is 0 Å². The van der Waals surface area contributed by atoms with Gasteiger partial charge in [0.2, 0.25) is 0 Å². The zero-order valence-electron chi connectivity index (χ0n) is 15.6. The van der Waals surface area contributed by atoms with Crippen molar-refractivity contribution in [2.45, 2.75) is 27.7 Å². The summed E-state index contributed by atoms with van der Waals surface area (Å²) < 4.78 is 2.19. The van der Waals surface area contributed by atoms with E-state index in [1.807, 2.05) is 25.1 Å². The van der Waals surface area contributed by atoms with Gasteiger partial charge in [0.15, 0.2) is 0 Å². The molecule has 0 saturated heterocycles. The molecule has 0 radical (unpaired) electrons. The SMILES string of the molecule is Cc1cccc(C(=O)N/N=C\c2cc(C)n(-c3cccc(C)c3)c2C)c1. The maximum Gasteiger partial charge on any atom is 0.271 e. The molecule has 0 aliphatic rings. The largest absolute Gasteiger partial charge is 0.318 e. The van der Waals surface area contributed by atoms with Crippen molar-refractivity contribution in [3.8, 4) is 5.69 Å². The Morgan fingerprint density at radius 1 is 0.962 bits per heavy atom. The van der Waals surface area contributed by atoms with E-state index in [1.165, 1.54) is 5.56 Å². The number of nitrogens with one attached hydrogen (secondary N) is 1. The van der Waals surface area contributed by atoms with Crippen LogP contribution < -0.4 is 5.43 Å². The molecule has 1 amide bonds. The third kappa shape index (κ3) is 3.75. The van der Waals surface area contributed by atoms with Gasteiger partial charge in [0.25, 0.3) is 5.91 Å². The third-order valence-electron chi connectivity index (χ3n) is 4.38. The van der Waals surface area contributed by atoms with E-state index in [1.54, 1.807) is 12.3 Å². The second-order valence-electron chi connectivity index (χ2n) is 6.57. The molecule has 3 rings (SSSR count). The van der Waals surface area contributed by atoms with Gasteiger partial charge in [0.05, 0.1) is 6.21 Å². The molecular formula is C22H23N3O. The lowest BCUT2D eigenvalue weighted by Crippen LogP contribution is -2.17. The number of carbonyl (C=O) groups excluding carboxylic acids is 1. The highest BCUT2D eigenvalue weighted by molar-refractivity contribution is 5.95. The van der Waals surface area contributed by atoms with Gasteiger partial charge in [0.1, 0.15) is 0 Å². The van der Waals surface area contributed by atoms with Crippen molar-refractivity contribution >= 4 is 12.1 Å². The Kier molecular flexibility index (Phi) is 5.03. The first-order chi connectivity index (χ1) is 12.5. The number of benzene rings is 2. The average molecular weight is 345 g/mol. The lowest BCUT2D eigenvalue weighted by molar-refractivity contribution is 0.0955. The van der Waals surface area contributed by atoms with Gasteiger partial charge in [-0.3, -0.25) is 4.79 Å². The molecule has 0 bridgehead atoms. The van der Waals surface area contributed by atoms with Crippen LogP contribution in [0, 0.1) is 27.7 Å². The molecule has 0 aliphatic carbocycles. The van der Waals surface area contributed by atoms with Gasteiger partial charge in [-0.25, -0.2) is 5.43 Å². The van der Waals surface area contributed by atoms with Crippen LogP contribution in [0.4, 0.5) is 0 Å². The van der Waals surface area contributed by atoms with Crippen molar-refractivity contribution in [2.24, 2.45) is 5.10 Å². The van der Waals surface area contributed by atoms with Gasteiger partial charge in [-0.2, -0.15) is 5.10 Å². The molecule has 0 spiro atoms. The fraction of sp³-hybridized carbons (Fsp3) is 0.182. The first kappa shape index (κ1) is 17.7. The Labute approximate surface area is 154 Å². The van der Waals surface area contributed by atoms with Crippen LogP contribution in [-0.4, -0.2) is 16.7 Å². The van der Waals surface area contributed by atoms with Crippen LogP contribution in [0.1, 0.15) is 38.4 Å². The molecule has 0 unspecified atom stereocenters. The van der Waals surface area contributed by atoms with E-state index in [2.05, 4.69) is 66.2 Å².